The van der Waals surface area contributed by atoms with E-state index in [0.717, 1.165) is 34.9 Å². The smallest absolute Gasteiger partial charge is 0.128 e. The highest BCUT2D eigenvalue weighted by Crippen LogP contribution is 2.35. The number of nitrogens with zero attached hydrogens (tertiary/aromatic N) is 2. The molecule has 1 aromatic heterocycles. The van der Waals surface area contributed by atoms with E-state index < -0.39 is 0 Å². The van der Waals surface area contributed by atoms with Crippen molar-refractivity contribution in [3.63, 3.8) is 0 Å². The summed E-state index contributed by atoms with van der Waals surface area (Å²) in [5.74, 6) is 2.89. The molecule has 1 heterocycles. The van der Waals surface area contributed by atoms with Crippen LogP contribution < -0.4 is 10.2 Å². The molecule has 2 saturated carbocycles. The molecule has 4 heteroatoms. The van der Waals surface area contributed by atoms with Crippen molar-refractivity contribution in [2.45, 2.75) is 32.2 Å². The van der Waals surface area contributed by atoms with Crippen LogP contribution in [-0.2, 0) is 6.54 Å². The van der Waals surface area contributed by atoms with Crippen molar-refractivity contribution in [1.29, 1.82) is 0 Å². The van der Waals surface area contributed by atoms with Crippen LogP contribution in [0.3, 0.4) is 0 Å². The first-order valence-electron chi connectivity index (χ1n) is 7.31. The van der Waals surface area contributed by atoms with Gasteiger partial charge in [-0.1, -0.05) is 11.6 Å². The molecule has 1 N–H and O–H groups in total. The molecule has 0 saturated heterocycles. The molecule has 0 aliphatic heterocycles. The van der Waals surface area contributed by atoms with Crippen LogP contribution in [0.5, 0.6) is 0 Å². The summed E-state index contributed by atoms with van der Waals surface area (Å²) in [5.41, 5.74) is 0.957. The Morgan fingerprint density at radius 2 is 1.84 bits per heavy atom. The first-order valence-corrected chi connectivity index (χ1v) is 7.69. The van der Waals surface area contributed by atoms with Gasteiger partial charge in [-0.2, -0.15) is 0 Å². The summed E-state index contributed by atoms with van der Waals surface area (Å²) in [5, 5.41) is 3.89. The first kappa shape index (κ1) is 13.2. The summed E-state index contributed by atoms with van der Waals surface area (Å²) in [6, 6.07) is 4.07. The minimum atomic E-state index is 0.730. The lowest BCUT2D eigenvalue weighted by molar-refractivity contribution is 0.667. The molecular weight excluding hydrogens is 258 g/mol. The van der Waals surface area contributed by atoms with Crippen molar-refractivity contribution < 1.29 is 0 Å². The van der Waals surface area contributed by atoms with Crippen LogP contribution in [0.1, 0.15) is 31.4 Å². The Bertz CT molecular complexity index is 427. The van der Waals surface area contributed by atoms with Crippen LogP contribution in [0.15, 0.2) is 12.1 Å². The Morgan fingerprint density at radius 3 is 2.37 bits per heavy atom. The van der Waals surface area contributed by atoms with E-state index in [2.05, 4.69) is 16.3 Å². The zero-order chi connectivity index (χ0) is 13.2. The number of aromatic nitrogens is 1. The fourth-order valence-electron chi connectivity index (χ4n) is 2.43. The summed E-state index contributed by atoms with van der Waals surface area (Å²) in [6.45, 7) is 3.07. The fraction of sp³-hybridized carbons (Fsp3) is 0.667. The molecule has 0 aromatic carbocycles. The van der Waals surface area contributed by atoms with Gasteiger partial charge in [0.2, 0.25) is 0 Å². The molecule has 0 amide bonds. The number of rotatable bonds is 7. The molecule has 3 nitrogen and oxygen atoms in total. The monoisotopic (exact) mass is 279 g/mol. The van der Waals surface area contributed by atoms with Gasteiger partial charge in [0.05, 0.1) is 10.7 Å². The van der Waals surface area contributed by atoms with E-state index in [1.54, 1.807) is 0 Å². The number of hydrogen-bond acceptors (Lipinski definition) is 3. The molecule has 2 aliphatic carbocycles. The maximum absolute atomic E-state index is 6.19. The Morgan fingerprint density at radius 1 is 1.21 bits per heavy atom. The van der Waals surface area contributed by atoms with E-state index >= 15 is 0 Å². The molecule has 1 aromatic rings. The van der Waals surface area contributed by atoms with E-state index in [-0.39, 0.29) is 0 Å². The van der Waals surface area contributed by atoms with Crippen LogP contribution in [0.4, 0.5) is 5.82 Å². The van der Waals surface area contributed by atoms with Crippen molar-refractivity contribution in [2.24, 2.45) is 11.8 Å². The highest BCUT2D eigenvalue weighted by atomic mass is 35.5. The first-order chi connectivity index (χ1) is 9.26. The van der Waals surface area contributed by atoms with Crippen LogP contribution in [0.2, 0.25) is 5.02 Å². The average molecular weight is 280 g/mol. The normalized spacial score (nSPS) is 18.6. The summed E-state index contributed by atoms with van der Waals surface area (Å²) in [6.07, 6.45) is 5.55. The number of anilines is 1. The molecule has 2 aliphatic rings. The average Bonchev–Trinajstić information content (AvgIpc) is 3.26. The van der Waals surface area contributed by atoms with Crippen LogP contribution in [-0.4, -0.2) is 25.1 Å². The van der Waals surface area contributed by atoms with E-state index in [1.807, 2.05) is 13.1 Å². The summed E-state index contributed by atoms with van der Waals surface area (Å²) < 4.78 is 0. The molecular formula is C15H22ClN3. The van der Waals surface area contributed by atoms with Crippen LogP contribution in [0.25, 0.3) is 0 Å². The lowest BCUT2D eigenvalue weighted by Crippen LogP contribution is -2.29. The Kier molecular flexibility index (Phi) is 3.94. The topological polar surface area (TPSA) is 28.2 Å². The zero-order valence-electron chi connectivity index (χ0n) is 11.5. The molecule has 104 valence electrons. The van der Waals surface area contributed by atoms with Crippen molar-refractivity contribution in [3.8, 4) is 0 Å². The van der Waals surface area contributed by atoms with Gasteiger partial charge in [-0.3, -0.25) is 0 Å². The number of hydrogen-bond donors (Lipinski definition) is 1. The van der Waals surface area contributed by atoms with Crippen molar-refractivity contribution in [3.05, 3.63) is 22.8 Å². The third-order valence-corrected chi connectivity index (χ3v) is 4.27. The molecule has 0 bridgehead atoms. The van der Waals surface area contributed by atoms with Gasteiger partial charge in [0, 0.05) is 19.6 Å². The number of pyridine rings is 1. The zero-order valence-corrected chi connectivity index (χ0v) is 12.3. The standard InChI is InChI=1S/C15H22ClN3/c1-17-8-14-13(16)6-7-15(18-14)19(9-11-2-3-11)10-12-4-5-12/h6-7,11-12,17H,2-5,8-10H2,1H3. The summed E-state index contributed by atoms with van der Waals surface area (Å²) >= 11 is 6.19. The molecule has 0 spiro atoms. The molecule has 0 atom stereocenters. The maximum atomic E-state index is 6.19. The summed E-state index contributed by atoms with van der Waals surface area (Å²) in [4.78, 5) is 7.23. The fourth-order valence-corrected chi connectivity index (χ4v) is 2.60. The van der Waals surface area contributed by atoms with Gasteiger partial charge < -0.3 is 10.2 Å². The lowest BCUT2D eigenvalue weighted by Gasteiger charge is -2.24. The Labute approximate surface area is 120 Å². The predicted octanol–water partition coefficient (Wildman–Crippen LogP) is 3.08. The van der Waals surface area contributed by atoms with Gasteiger partial charge in [-0.05, 0) is 56.7 Å². The van der Waals surface area contributed by atoms with Gasteiger partial charge in [0.25, 0.3) is 0 Å². The molecule has 0 unspecified atom stereocenters. The minimum Gasteiger partial charge on any atom is -0.356 e. The van der Waals surface area contributed by atoms with Crippen molar-refractivity contribution in [1.82, 2.24) is 10.3 Å². The number of halogens is 1. The van der Waals surface area contributed by atoms with E-state index in [1.165, 1.54) is 38.8 Å². The van der Waals surface area contributed by atoms with Crippen molar-refractivity contribution in [2.75, 3.05) is 25.0 Å². The van der Waals surface area contributed by atoms with Crippen LogP contribution in [0, 0.1) is 11.8 Å². The SMILES string of the molecule is CNCc1nc(N(CC2CC2)CC2CC2)ccc1Cl. The Balaban J connectivity index is 1.76. The number of nitrogens with one attached hydrogen (secondary N) is 1. The predicted molar refractivity (Wildman–Crippen MR) is 79.7 cm³/mol. The minimum absolute atomic E-state index is 0.730. The second-order valence-electron chi connectivity index (χ2n) is 5.92. The van der Waals surface area contributed by atoms with Crippen LogP contribution >= 0.6 is 11.6 Å². The largest absolute Gasteiger partial charge is 0.356 e. The van der Waals surface area contributed by atoms with Gasteiger partial charge in [0.1, 0.15) is 5.82 Å². The highest BCUT2D eigenvalue weighted by Gasteiger charge is 2.29. The molecule has 3 rings (SSSR count). The third kappa shape index (κ3) is 3.61. The second-order valence-corrected chi connectivity index (χ2v) is 6.33. The lowest BCUT2D eigenvalue weighted by atomic mass is 10.2. The van der Waals surface area contributed by atoms with Gasteiger partial charge >= 0.3 is 0 Å². The highest BCUT2D eigenvalue weighted by molar-refractivity contribution is 6.31. The van der Waals surface area contributed by atoms with E-state index in [0.29, 0.717) is 0 Å². The summed E-state index contributed by atoms with van der Waals surface area (Å²) in [7, 11) is 1.93. The second kappa shape index (κ2) is 5.68. The van der Waals surface area contributed by atoms with E-state index in [9.17, 15) is 0 Å². The van der Waals surface area contributed by atoms with Crippen molar-refractivity contribution >= 4 is 17.4 Å². The molecule has 0 radical (unpaired) electrons. The quantitative estimate of drug-likeness (QED) is 0.831. The Hall–Kier alpha value is -0.800. The maximum Gasteiger partial charge on any atom is 0.128 e. The molecule has 19 heavy (non-hydrogen) atoms. The van der Waals surface area contributed by atoms with Gasteiger partial charge in [-0.15, -0.1) is 0 Å². The van der Waals surface area contributed by atoms with E-state index in [4.69, 9.17) is 16.6 Å². The van der Waals surface area contributed by atoms with Gasteiger partial charge in [0.15, 0.2) is 0 Å². The third-order valence-electron chi connectivity index (χ3n) is 3.92. The molecule has 2 fully saturated rings. The van der Waals surface area contributed by atoms with Gasteiger partial charge in [-0.25, -0.2) is 4.98 Å².